The summed E-state index contributed by atoms with van der Waals surface area (Å²) in [5.41, 5.74) is 2.11. The molecule has 0 heterocycles. The summed E-state index contributed by atoms with van der Waals surface area (Å²) in [6.45, 7) is 2.88. The van der Waals surface area contributed by atoms with Crippen LogP contribution >= 0.6 is 50.7 Å². The fourth-order valence-corrected chi connectivity index (χ4v) is 3.00. The minimum absolute atomic E-state index is 0.00263. The van der Waals surface area contributed by atoms with Crippen LogP contribution in [0.1, 0.15) is 24.1 Å². The molecule has 0 aromatic heterocycles. The molecule has 0 aliphatic rings. The first-order valence-corrected chi connectivity index (χ1v) is 8.09. The van der Waals surface area contributed by atoms with Gasteiger partial charge in [0.25, 0.3) is 0 Å². The molecule has 0 fully saturated rings. The lowest BCUT2D eigenvalue weighted by Gasteiger charge is -2.21. The Morgan fingerprint density at radius 3 is 2.45 bits per heavy atom. The minimum Gasteiger partial charge on any atom is -0.306 e. The molecule has 0 aliphatic carbocycles. The van der Waals surface area contributed by atoms with Gasteiger partial charge in [-0.05, 0) is 48.0 Å². The molecule has 0 bridgehead atoms. The van der Waals surface area contributed by atoms with E-state index < -0.39 is 0 Å². The van der Waals surface area contributed by atoms with E-state index in [1.54, 1.807) is 0 Å². The van der Waals surface area contributed by atoms with Crippen molar-refractivity contribution in [1.29, 1.82) is 0 Å². The van der Waals surface area contributed by atoms with E-state index in [1.165, 1.54) is 0 Å². The topological polar surface area (TPSA) is 12.0 Å². The highest BCUT2D eigenvalue weighted by molar-refractivity contribution is 9.10. The second-order valence-corrected chi connectivity index (χ2v) is 6.44. The molecule has 0 radical (unpaired) electrons. The lowest BCUT2D eigenvalue weighted by molar-refractivity contribution is 0.628. The van der Waals surface area contributed by atoms with E-state index in [4.69, 9.17) is 34.8 Å². The van der Waals surface area contributed by atoms with Gasteiger partial charge in [-0.15, -0.1) is 0 Å². The van der Waals surface area contributed by atoms with Gasteiger partial charge < -0.3 is 5.32 Å². The first kappa shape index (κ1) is 16.1. The molecule has 5 heteroatoms. The summed E-state index contributed by atoms with van der Waals surface area (Å²) in [4.78, 5) is 0. The van der Waals surface area contributed by atoms with E-state index in [1.807, 2.05) is 36.4 Å². The van der Waals surface area contributed by atoms with Crippen LogP contribution in [-0.4, -0.2) is 6.54 Å². The average Bonchev–Trinajstić information content (AvgIpc) is 2.42. The molecule has 1 nitrogen and oxygen atoms in total. The summed E-state index contributed by atoms with van der Waals surface area (Å²) < 4.78 is 0.999. The first-order valence-electron chi connectivity index (χ1n) is 6.16. The van der Waals surface area contributed by atoms with E-state index in [9.17, 15) is 0 Å². The van der Waals surface area contributed by atoms with Crippen LogP contribution in [0.5, 0.6) is 0 Å². The number of halogens is 4. The summed E-state index contributed by atoms with van der Waals surface area (Å²) in [7, 11) is 0. The van der Waals surface area contributed by atoms with Crippen molar-refractivity contribution in [2.75, 3.05) is 6.54 Å². The van der Waals surface area contributed by atoms with Crippen molar-refractivity contribution in [3.63, 3.8) is 0 Å². The highest BCUT2D eigenvalue weighted by atomic mass is 79.9. The van der Waals surface area contributed by atoms with Crippen molar-refractivity contribution in [2.45, 2.75) is 13.0 Å². The third kappa shape index (κ3) is 3.69. The molecular formula is C15H13BrCl3N. The van der Waals surface area contributed by atoms with Gasteiger partial charge in [0.2, 0.25) is 0 Å². The minimum atomic E-state index is 0.00263. The Morgan fingerprint density at radius 2 is 1.80 bits per heavy atom. The summed E-state index contributed by atoms with van der Waals surface area (Å²) in [5, 5.41) is 5.24. The lowest BCUT2D eigenvalue weighted by Crippen LogP contribution is -2.22. The Kier molecular flexibility index (Phi) is 5.76. The highest BCUT2D eigenvalue weighted by Crippen LogP contribution is 2.33. The number of hydrogen-bond donors (Lipinski definition) is 1. The molecule has 0 spiro atoms. The molecule has 1 unspecified atom stereocenters. The summed E-state index contributed by atoms with van der Waals surface area (Å²) >= 11 is 21.8. The summed E-state index contributed by atoms with van der Waals surface area (Å²) in [6, 6.07) is 11.4. The number of rotatable bonds is 4. The number of nitrogens with one attached hydrogen (secondary N) is 1. The van der Waals surface area contributed by atoms with Crippen molar-refractivity contribution in [3.8, 4) is 0 Å². The molecule has 0 saturated heterocycles. The molecule has 2 aromatic rings. The largest absolute Gasteiger partial charge is 0.306 e. The molecule has 0 amide bonds. The predicted molar refractivity (Wildman–Crippen MR) is 91.1 cm³/mol. The molecule has 106 valence electrons. The Bertz CT molecular complexity index is 616. The van der Waals surface area contributed by atoms with Crippen LogP contribution in [0.25, 0.3) is 0 Å². The predicted octanol–water partition coefficient (Wildman–Crippen LogP) is 6.11. The van der Waals surface area contributed by atoms with Crippen LogP contribution in [0.15, 0.2) is 40.9 Å². The zero-order chi connectivity index (χ0) is 14.7. The van der Waals surface area contributed by atoms with E-state index in [0.29, 0.717) is 15.1 Å². The van der Waals surface area contributed by atoms with Gasteiger partial charge in [0.05, 0.1) is 16.1 Å². The molecule has 20 heavy (non-hydrogen) atoms. The van der Waals surface area contributed by atoms with Crippen LogP contribution in [0.2, 0.25) is 15.1 Å². The third-order valence-electron chi connectivity index (χ3n) is 2.95. The second kappa shape index (κ2) is 7.15. The molecular weight excluding hydrogens is 380 g/mol. The van der Waals surface area contributed by atoms with Crippen molar-refractivity contribution >= 4 is 50.7 Å². The van der Waals surface area contributed by atoms with E-state index in [-0.39, 0.29) is 6.04 Å². The van der Waals surface area contributed by atoms with Crippen LogP contribution in [0, 0.1) is 0 Å². The normalized spacial score (nSPS) is 12.4. The van der Waals surface area contributed by atoms with Gasteiger partial charge in [-0.2, -0.15) is 0 Å². The quantitative estimate of drug-likeness (QED) is 0.661. The Morgan fingerprint density at radius 1 is 1.05 bits per heavy atom. The van der Waals surface area contributed by atoms with Gasteiger partial charge in [-0.1, -0.05) is 63.7 Å². The van der Waals surface area contributed by atoms with Crippen molar-refractivity contribution < 1.29 is 0 Å². The van der Waals surface area contributed by atoms with Crippen molar-refractivity contribution in [2.24, 2.45) is 0 Å². The fraction of sp³-hybridized carbons (Fsp3) is 0.200. The van der Waals surface area contributed by atoms with Crippen LogP contribution in [0.3, 0.4) is 0 Å². The fourth-order valence-electron chi connectivity index (χ4n) is 2.04. The SMILES string of the molecule is CCNC(c1ccc(Cl)c(Cl)c1)c1cc(Cl)ccc1Br. The van der Waals surface area contributed by atoms with Gasteiger partial charge >= 0.3 is 0 Å². The lowest BCUT2D eigenvalue weighted by atomic mass is 9.98. The molecule has 1 atom stereocenters. The van der Waals surface area contributed by atoms with E-state index in [2.05, 4.69) is 28.2 Å². The highest BCUT2D eigenvalue weighted by Gasteiger charge is 2.17. The van der Waals surface area contributed by atoms with Crippen molar-refractivity contribution in [3.05, 3.63) is 67.1 Å². The van der Waals surface area contributed by atoms with Crippen LogP contribution < -0.4 is 5.32 Å². The summed E-state index contributed by atoms with van der Waals surface area (Å²) in [5.74, 6) is 0. The van der Waals surface area contributed by atoms with E-state index in [0.717, 1.165) is 22.1 Å². The van der Waals surface area contributed by atoms with E-state index >= 15 is 0 Å². The Labute approximate surface area is 142 Å². The number of benzene rings is 2. The second-order valence-electron chi connectivity index (χ2n) is 4.33. The molecule has 1 N–H and O–H groups in total. The standard InChI is InChI=1S/C15H13BrCl3N/c1-2-20-15(9-3-6-13(18)14(19)7-9)11-8-10(17)4-5-12(11)16/h3-8,15,20H,2H2,1H3. The van der Waals surface area contributed by atoms with Gasteiger partial charge in [0.1, 0.15) is 0 Å². The smallest absolute Gasteiger partial charge is 0.0595 e. The van der Waals surface area contributed by atoms with Gasteiger partial charge in [0.15, 0.2) is 0 Å². The average molecular weight is 394 g/mol. The maximum absolute atomic E-state index is 6.12. The van der Waals surface area contributed by atoms with Crippen LogP contribution in [0.4, 0.5) is 0 Å². The maximum atomic E-state index is 6.12. The Balaban J connectivity index is 2.49. The molecule has 2 aromatic carbocycles. The zero-order valence-electron chi connectivity index (χ0n) is 10.8. The van der Waals surface area contributed by atoms with Gasteiger partial charge in [0, 0.05) is 9.50 Å². The van der Waals surface area contributed by atoms with Gasteiger partial charge in [-0.25, -0.2) is 0 Å². The molecule has 0 saturated carbocycles. The van der Waals surface area contributed by atoms with Crippen molar-refractivity contribution in [1.82, 2.24) is 5.32 Å². The number of hydrogen-bond acceptors (Lipinski definition) is 1. The summed E-state index contributed by atoms with van der Waals surface area (Å²) in [6.07, 6.45) is 0. The zero-order valence-corrected chi connectivity index (χ0v) is 14.6. The monoisotopic (exact) mass is 391 g/mol. The molecule has 2 rings (SSSR count). The molecule has 0 aliphatic heterocycles. The van der Waals surface area contributed by atoms with Crippen LogP contribution in [-0.2, 0) is 0 Å². The third-order valence-corrected chi connectivity index (χ3v) is 4.65. The van der Waals surface area contributed by atoms with Gasteiger partial charge in [-0.3, -0.25) is 0 Å². The maximum Gasteiger partial charge on any atom is 0.0595 e. The first-order chi connectivity index (χ1) is 9.52. The Hall–Kier alpha value is -0.250.